The lowest BCUT2D eigenvalue weighted by atomic mass is 9.89. The molecule has 0 unspecified atom stereocenters. The second-order valence-electron chi connectivity index (χ2n) is 6.20. The van der Waals surface area contributed by atoms with Crippen LogP contribution in [0, 0.1) is 5.41 Å². The molecule has 1 aromatic heterocycles. The van der Waals surface area contributed by atoms with Crippen molar-refractivity contribution in [1.29, 1.82) is 0 Å². The van der Waals surface area contributed by atoms with Crippen molar-refractivity contribution >= 4 is 23.5 Å². The first kappa shape index (κ1) is 14.8. The van der Waals surface area contributed by atoms with E-state index in [0.29, 0.717) is 30.5 Å². The quantitative estimate of drug-likeness (QED) is 0.921. The smallest absolute Gasteiger partial charge is 0.231 e. The van der Waals surface area contributed by atoms with Gasteiger partial charge in [0.25, 0.3) is 0 Å². The van der Waals surface area contributed by atoms with Crippen molar-refractivity contribution < 1.29 is 4.74 Å². The van der Waals surface area contributed by atoms with Gasteiger partial charge < -0.3 is 15.0 Å². The fourth-order valence-corrected chi connectivity index (χ4v) is 3.18. The third kappa shape index (κ3) is 3.74. The minimum Gasteiger partial charge on any atom is -0.378 e. The molecule has 2 aliphatic rings. The zero-order chi connectivity index (χ0) is 14.7. The molecule has 1 N–H and O–H groups in total. The second-order valence-corrected chi connectivity index (χ2v) is 6.54. The van der Waals surface area contributed by atoms with E-state index in [9.17, 15) is 0 Å². The molecule has 21 heavy (non-hydrogen) atoms. The Morgan fingerprint density at radius 3 is 2.62 bits per heavy atom. The number of ether oxygens (including phenoxy) is 1. The van der Waals surface area contributed by atoms with Gasteiger partial charge in [0.1, 0.15) is 0 Å². The number of nitrogens with one attached hydrogen (secondary N) is 1. The van der Waals surface area contributed by atoms with Gasteiger partial charge in [-0.3, -0.25) is 0 Å². The number of nitrogens with zero attached hydrogens (tertiary/aromatic N) is 4. The Morgan fingerprint density at radius 2 is 1.90 bits per heavy atom. The van der Waals surface area contributed by atoms with Crippen LogP contribution in [0.5, 0.6) is 0 Å². The third-order valence-corrected chi connectivity index (χ3v) is 4.54. The summed E-state index contributed by atoms with van der Waals surface area (Å²) >= 11 is 6.04. The Balaban J connectivity index is 1.68. The molecule has 6 nitrogen and oxygen atoms in total. The van der Waals surface area contributed by atoms with Crippen molar-refractivity contribution in [2.24, 2.45) is 5.41 Å². The summed E-state index contributed by atoms with van der Waals surface area (Å²) in [6.45, 7) is 6.18. The van der Waals surface area contributed by atoms with Crippen molar-refractivity contribution in [2.45, 2.75) is 32.6 Å². The van der Waals surface area contributed by atoms with Gasteiger partial charge >= 0.3 is 0 Å². The largest absolute Gasteiger partial charge is 0.378 e. The Labute approximate surface area is 130 Å². The SMILES string of the molecule is CC1(CNc2nc(Cl)nc(N3CCOCC3)n2)CCCC1. The van der Waals surface area contributed by atoms with E-state index >= 15 is 0 Å². The molecule has 1 aliphatic carbocycles. The molecule has 0 spiro atoms. The van der Waals surface area contributed by atoms with Gasteiger partial charge in [-0.2, -0.15) is 15.0 Å². The summed E-state index contributed by atoms with van der Waals surface area (Å²) in [5, 5.41) is 3.58. The van der Waals surface area contributed by atoms with Gasteiger partial charge in [0.05, 0.1) is 13.2 Å². The first-order chi connectivity index (χ1) is 10.1. The molecule has 3 rings (SSSR count). The van der Waals surface area contributed by atoms with Crippen LogP contribution < -0.4 is 10.2 Å². The first-order valence-corrected chi connectivity index (χ1v) is 8.01. The van der Waals surface area contributed by atoms with Crippen molar-refractivity contribution in [3.8, 4) is 0 Å². The summed E-state index contributed by atoms with van der Waals surface area (Å²) in [5.41, 5.74) is 0.345. The Morgan fingerprint density at radius 1 is 1.19 bits per heavy atom. The molecule has 1 aromatic rings. The van der Waals surface area contributed by atoms with E-state index in [4.69, 9.17) is 16.3 Å². The zero-order valence-electron chi connectivity index (χ0n) is 12.4. The van der Waals surface area contributed by atoms with Gasteiger partial charge in [-0.15, -0.1) is 0 Å². The van der Waals surface area contributed by atoms with Crippen LogP contribution in [0.1, 0.15) is 32.6 Å². The van der Waals surface area contributed by atoms with Crippen LogP contribution in [0.3, 0.4) is 0 Å². The van der Waals surface area contributed by atoms with Crippen LogP contribution >= 0.6 is 11.6 Å². The summed E-state index contributed by atoms with van der Waals surface area (Å²) < 4.78 is 5.35. The lowest BCUT2D eigenvalue weighted by Gasteiger charge is -2.27. The van der Waals surface area contributed by atoms with Crippen LogP contribution in [0.4, 0.5) is 11.9 Å². The van der Waals surface area contributed by atoms with Gasteiger partial charge in [-0.1, -0.05) is 19.8 Å². The Bertz CT molecular complexity index is 486. The van der Waals surface area contributed by atoms with E-state index < -0.39 is 0 Å². The van der Waals surface area contributed by atoms with Gasteiger partial charge in [-0.25, -0.2) is 0 Å². The molecule has 7 heteroatoms. The number of hydrogen-bond acceptors (Lipinski definition) is 6. The number of anilines is 2. The van der Waals surface area contributed by atoms with E-state index in [-0.39, 0.29) is 5.28 Å². The molecule has 0 amide bonds. The number of morpholine rings is 1. The summed E-state index contributed by atoms with van der Waals surface area (Å²) in [6, 6.07) is 0. The number of hydrogen-bond donors (Lipinski definition) is 1. The standard InChI is InChI=1S/C14H22ClN5O/c1-14(4-2-3-5-14)10-16-12-17-11(15)18-13(19-12)20-6-8-21-9-7-20/h2-10H2,1H3,(H,16,17,18,19). The lowest BCUT2D eigenvalue weighted by molar-refractivity contribution is 0.122. The molecule has 1 saturated heterocycles. The Hall–Kier alpha value is -1.14. The molecule has 1 saturated carbocycles. The topological polar surface area (TPSA) is 63.2 Å². The van der Waals surface area contributed by atoms with E-state index in [2.05, 4.69) is 32.1 Å². The van der Waals surface area contributed by atoms with E-state index in [1.54, 1.807) is 0 Å². The molecule has 0 aromatic carbocycles. The van der Waals surface area contributed by atoms with E-state index in [1.807, 2.05) is 0 Å². The molecule has 1 aliphatic heterocycles. The van der Waals surface area contributed by atoms with Crippen molar-refractivity contribution in [2.75, 3.05) is 43.1 Å². The highest BCUT2D eigenvalue weighted by atomic mass is 35.5. The maximum absolute atomic E-state index is 6.04. The summed E-state index contributed by atoms with van der Waals surface area (Å²) in [5.74, 6) is 1.21. The average Bonchev–Trinajstić information content (AvgIpc) is 2.93. The highest BCUT2D eigenvalue weighted by Crippen LogP contribution is 2.37. The minimum absolute atomic E-state index is 0.241. The minimum atomic E-state index is 0.241. The molecule has 0 radical (unpaired) electrons. The molecule has 2 heterocycles. The lowest BCUT2D eigenvalue weighted by Crippen LogP contribution is -2.37. The maximum Gasteiger partial charge on any atom is 0.231 e. The van der Waals surface area contributed by atoms with Crippen LogP contribution in [0.2, 0.25) is 5.28 Å². The molecular weight excluding hydrogens is 290 g/mol. The van der Waals surface area contributed by atoms with Crippen LogP contribution in [-0.2, 0) is 4.74 Å². The highest BCUT2D eigenvalue weighted by Gasteiger charge is 2.28. The summed E-state index contributed by atoms with van der Waals surface area (Å²) in [6.07, 6.45) is 5.15. The Kier molecular flexibility index (Phi) is 4.45. The van der Waals surface area contributed by atoms with Crippen LogP contribution in [-0.4, -0.2) is 47.8 Å². The molecular formula is C14H22ClN5O. The van der Waals surface area contributed by atoms with Gasteiger partial charge in [0, 0.05) is 19.6 Å². The number of halogens is 1. The predicted molar refractivity (Wildman–Crippen MR) is 82.9 cm³/mol. The monoisotopic (exact) mass is 311 g/mol. The summed E-state index contributed by atoms with van der Waals surface area (Å²) in [4.78, 5) is 15.0. The van der Waals surface area contributed by atoms with Gasteiger partial charge in [0.2, 0.25) is 17.2 Å². The second kappa shape index (κ2) is 6.32. The molecule has 0 bridgehead atoms. The zero-order valence-corrected chi connectivity index (χ0v) is 13.2. The highest BCUT2D eigenvalue weighted by molar-refractivity contribution is 6.28. The molecule has 0 atom stereocenters. The first-order valence-electron chi connectivity index (χ1n) is 7.63. The number of aromatic nitrogens is 3. The van der Waals surface area contributed by atoms with E-state index in [0.717, 1.165) is 19.6 Å². The number of rotatable bonds is 4. The van der Waals surface area contributed by atoms with Crippen molar-refractivity contribution in [3.05, 3.63) is 5.28 Å². The normalized spacial score (nSPS) is 21.5. The third-order valence-electron chi connectivity index (χ3n) is 4.37. The fraction of sp³-hybridized carbons (Fsp3) is 0.786. The van der Waals surface area contributed by atoms with Gasteiger partial charge in [0.15, 0.2) is 0 Å². The van der Waals surface area contributed by atoms with Crippen molar-refractivity contribution in [1.82, 2.24) is 15.0 Å². The van der Waals surface area contributed by atoms with Crippen molar-refractivity contribution in [3.63, 3.8) is 0 Å². The molecule has 116 valence electrons. The average molecular weight is 312 g/mol. The van der Waals surface area contributed by atoms with Crippen LogP contribution in [0.25, 0.3) is 0 Å². The molecule has 2 fully saturated rings. The van der Waals surface area contributed by atoms with E-state index in [1.165, 1.54) is 25.7 Å². The van der Waals surface area contributed by atoms with Gasteiger partial charge in [-0.05, 0) is 29.9 Å². The predicted octanol–water partition coefficient (Wildman–Crippen LogP) is 2.35. The fourth-order valence-electron chi connectivity index (χ4n) is 3.02. The summed E-state index contributed by atoms with van der Waals surface area (Å²) in [7, 11) is 0. The maximum atomic E-state index is 6.04. The van der Waals surface area contributed by atoms with Crippen LogP contribution in [0.15, 0.2) is 0 Å².